The molecular weight excluding hydrogens is 371 g/mol. The van der Waals surface area contributed by atoms with Gasteiger partial charge in [-0.2, -0.15) is 0 Å². The molecule has 0 spiro atoms. The zero-order valence-corrected chi connectivity index (χ0v) is 15.3. The zero-order valence-electron chi connectivity index (χ0n) is 13.8. The number of fused-ring (bicyclic) bond motifs is 2. The molecule has 26 heavy (non-hydrogen) atoms. The summed E-state index contributed by atoms with van der Waals surface area (Å²) in [5.74, 6) is -0.734. The van der Waals surface area contributed by atoms with E-state index in [1.54, 1.807) is 12.4 Å². The standard InChI is InChI=1S/C19H16Cl2N4O/c20-9-13(15-11-22-17-5-1-3-7-24(15)17)19(26)14(10-21)16-12-23-18-6-2-4-8-25(16)18/h1-8,11-14H,9-10H2. The van der Waals surface area contributed by atoms with E-state index in [1.165, 1.54) is 0 Å². The third-order valence-electron chi connectivity index (χ3n) is 4.60. The van der Waals surface area contributed by atoms with E-state index in [-0.39, 0.29) is 17.5 Å². The molecule has 4 rings (SSSR count). The van der Waals surface area contributed by atoms with Crippen molar-refractivity contribution >= 4 is 40.3 Å². The normalized spacial score (nSPS) is 13.9. The van der Waals surface area contributed by atoms with Gasteiger partial charge < -0.3 is 8.80 Å². The largest absolute Gasteiger partial charge is 0.303 e. The van der Waals surface area contributed by atoms with Crippen LogP contribution in [0.15, 0.2) is 61.2 Å². The first-order chi connectivity index (χ1) is 12.7. The van der Waals surface area contributed by atoms with Crippen LogP contribution in [0.4, 0.5) is 0 Å². The summed E-state index contributed by atoms with van der Waals surface area (Å²) in [6.07, 6.45) is 7.18. The molecule has 4 aromatic rings. The number of aromatic nitrogens is 4. The first-order valence-electron chi connectivity index (χ1n) is 8.24. The molecule has 0 aliphatic rings. The molecular formula is C19H16Cl2N4O. The molecule has 7 heteroatoms. The minimum atomic E-state index is -0.507. The molecule has 132 valence electrons. The third-order valence-corrected chi connectivity index (χ3v) is 5.22. The number of halogens is 2. The number of rotatable bonds is 6. The zero-order chi connectivity index (χ0) is 18.1. The number of hydrogen-bond acceptors (Lipinski definition) is 3. The van der Waals surface area contributed by atoms with E-state index in [0.717, 1.165) is 22.7 Å². The number of imidazole rings is 2. The van der Waals surface area contributed by atoms with Gasteiger partial charge in [-0.15, -0.1) is 23.2 Å². The molecule has 0 amide bonds. The van der Waals surface area contributed by atoms with Crippen molar-refractivity contribution in [3.05, 3.63) is 72.6 Å². The summed E-state index contributed by atoms with van der Waals surface area (Å²) in [4.78, 5) is 22.1. The molecule has 0 radical (unpaired) electrons. The lowest BCUT2D eigenvalue weighted by Gasteiger charge is -2.19. The molecule has 0 aliphatic heterocycles. The minimum Gasteiger partial charge on any atom is -0.303 e. The van der Waals surface area contributed by atoms with Crippen LogP contribution < -0.4 is 0 Å². The Hall–Kier alpha value is -2.37. The number of ketones is 1. The monoisotopic (exact) mass is 386 g/mol. The summed E-state index contributed by atoms with van der Waals surface area (Å²) < 4.78 is 3.79. The highest BCUT2D eigenvalue weighted by Crippen LogP contribution is 2.29. The highest BCUT2D eigenvalue weighted by Gasteiger charge is 2.32. The molecule has 0 aromatic carbocycles. The van der Waals surface area contributed by atoms with Gasteiger partial charge in [-0.25, -0.2) is 9.97 Å². The molecule has 0 fully saturated rings. The summed E-state index contributed by atoms with van der Waals surface area (Å²) in [5, 5.41) is 0. The number of hydrogen-bond donors (Lipinski definition) is 0. The second-order valence-corrected chi connectivity index (χ2v) is 6.66. The topological polar surface area (TPSA) is 51.7 Å². The number of pyridine rings is 2. The number of nitrogens with zero attached hydrogens (tertiary/aromatic N) is 4. The van der Waals surface area contributed by atoms with Gasteiger partial charge in [0.2, 0.25) is 0 Å². The van der Waals surface area contributed by atoms with Crippen LogP contribution in [0.1, 0.15) is 23.2 Å². The van der Waals surface area contributed by atoms with Crippen LogP contribution in [0.5, 0.6) is 0 Å². The Morgan fingerprint density at radius 1 is 0.846 bits per heavy atom. The average Bonchev–Trinajstić information content (AvgIpc) is 3.29. The maximum atomic E-state index is 13.3. The van der Waals surface area contributed by atoms with Crippen LogP contribution in [0.2, 0.25) is 0 Å². The molecule has 4 aromatic heterocycles. The third kappa shape index (κ3) is 2.77. The Labute approximate surface area is 160 Å². The van der Waals surface area contributed by atoms with Gasteiger partial charge in [0.15, 0.2) is 5.78 Å². The Balaban J connectivity index is 1.76. The van der Waals surface area contributed by atoms with Gasteiger partial charge in [0, 0.05) is 36.5 Å². The Morgan fingerprint density at radius 3 is 1.73 bits per heavy atom. The lowest BCUT2D eigenvalue weighted by molar-refractivity contribution is -0.121. The van der Waals surface area contributed by atoms with Crippen molar-refractivity contribution in [1.82, 2.24) is 18.8 Å². The van der Waals surface area contributed by atoms with Gasteiger partial charge in [-0.05, 0) is 24.3 Å². The fourth-order valence-electron chi connectivity index (χ4n) is 3.26. The average molecular weight is 387 g/mol. The Kier molecular flexibility index (Phi) is 4.66. The van der Waals surface area contributed by atoms with E-state index in [2.05, 4.69) is 9.97 Å². The Morgan fingerprint density at radius 2 is 1.31 bits per heavy atom. The van der Waals surface area contributed by atoms with Crippen LogP contribution >= 0.6 is 23.2 Å². The molecule has 2 atom stereocenters. The first-order valence-corrected chi connectivity index (χ1v) is 9.31. The van der Waals surface area contributed by atoms with Gasteiger partial charge in [0.1, 0.15) is 11.3 Å². The number of carbonyl (C=O) groups excluding carboxylic acids is 1. The number of Topliss-reactive ketones (excluding diaryl/α,β-unsaturated/α-hetero) is 1. The second-order valence-electron chi connectivity index (χ2n) is 6.04. The summed E-state index contributed by atoms with van der Waals surface area (Å²) in [7, 11) is 0. The van der Waals surface area contributed by atoms with E-state index in [9.17, 15) is 4.79 Å². The van der Waals surface area contributed by atoms with Crippen LogP contribution in [0, 0.1) is 0 Å². The van der Waals surface area contributed by atoms with Gasteiger partial charge in [-0.3, -0.25) is 4.79 Å². The van der Waals surface area contributed by atoms with Gasteiger partial charge in [0.25, 0.3) is 0 Å². The van der Waals surface area contributed by atoms with Crippen molar-refractivity contribution in [1.29, 1.82) is 0 Å². The number of alkyl halides is 2. The van der Waals surface area contributed by atoms with Gasteiger partial charge >= 0.3 is 0 Å². The molecule has 0 N–H and O–H groups in total. The summed E-state index contributed by atoms with van der Waals surface area (Å²) >= 11 is 12.4. The maximum absolute atomic E-state index is 13.3. The first kappa shape index (κ1) is 17.1. The van der Waals surface area contributed by atoms with E-state index in [0.29, 0.717) is 0 Å². The molecule has 0 bridgehead atoms. The lowest BCUT2D eigenvalue weighted by atomic mass is 9.91. The van der Waals surface area contributed by atoms with Crippen LogP contribution in [-0.2, 0) is 4.79 Å². The SMILES string of the molecule is O=C(C(CCl)c1cnc2ccccn12)C(CCl)c1cnc2ccccn12. The van der Waals surface area contributed by atoms with Crippen molar-refractivity contribution in [3.8, 4) is 0 Å². The van der Waals surface area contributed by atoms with Crippen molar-refractivity contribution in [2.24, 2.45) is 0 Å². The fraction of sp³-hybridized carbons (Fsp3) is 0.211. The van der Waals surface area contributed by atoms with E-state index < -0.39 is 11.8 Å². The van der Waals surface area contributed by atoms with Crippen molar-refractivity contribution in [2.45, 2.75) is 11.8 Å². The molecule has 0 saturated heterocycles. The second kappa shape index (κ2) is 7.09. The summed E-state index contributed by atoms with van der Waals surface area (Å²) in [5.41, 5.74) is 3.10. The van der Waals surface area contributed by atoms with Crippen molar-refractivity contribution < 1.29 is 4.79 Å². The lowest BCUT2D eigenvalue weighted by Crippen LogP contribution is -2.25. The van der Waals surface area contributed by atoms with Crippen molar-refractivity contribution in [3.63, 3.8) is 0 Å². The van der Waals surface area contributed by atoms with E-state index in [4.69, 9.17) is 23.2 Å². The summed E-state index contributed by atoms with van der Waals surface area (Å²) in [6.45, 7) is 0. The number of carbonyl (C=O) groups is 1. The molecule has 5 nitrogen and oxygen atoms in total. The van der Waals surface area contributed by atoms with E-state index >= 15 is 0 Å². The Bertz CT molecular complexity index is 987. The smallest absolute Gasteiger partial charge is 0.153 e. The van der Waals surface area contributed by atoms with Gasteiger partial charge in [-0.1, -0.05) is 12.1 Å². The highest BCUT2D eigenvalue weighted by molar-refractivity contribution is 6.22. The molecule has 0 saturated carbocycles. The fourth-order valence-corrected chi connectivity index (χ4v) is 3.88. The predicted molar refractivity (Wildman–Crippen MR) is 102 cm³/mol. The van der Waals surface area contributed by atoms with Crippen LogP contribution in [0.3, 0.4) is 0 Å². The maximum Gasteiger partial charge on any atom is 0.153 e. The molecule has 0 aliphatic carbocycles. The van der Waals surface area contributed by atoms with Crippen LogP contribution in [0.25, 0.3) is 11.3 Å². The summed E-state index contributed by atoms with van der Waals surface area (Å²) in [6, 6.07) is 11.4. The molecule has 4 heterocycles. The van der Waals surface area contributed by atoms with Crippen molar-refractivity contribution in [2.75, 3.05) is 11.8 Å². The predicted octanol–water partition coefficient (Wildman–Crippen LogP) is 3.90. The van der Waals surface area contributed by atoms with E-state index in [1.807, 2.05) is 57.6 Å². The molecule has 2 unspecified atom stereocenters. The van der Waals surface area contributed by atoms with Gasteiger partial charge in [0.05, 0.1) is 23.2 Å². The highest BCUT2D eigenvalue weighted by atomic mass is 35.5. The minimum absolute atomic E-state index is 0.0358. The van der Waals surface area contributed by atoms with Crippen LogP contribution in [-0.4, -0.2) is 36.3 Å². The quantitative estimate of drug-likeness (QED) is 0.472.